The Morgan fingerprint density at radius 2 is 0.494 bits per heavy atom. The van der Waals surface area contributed by atoms with Crippen LogP contribution in [0.15, 0.2) is 255 Å². The molecule has 0 aliphatic rings. The molecule has 0 aromatic heterocycles. The van der Waals surface area contributed by atoms with Crippen molar-refractivity contribution < 1.29 is 54.5 Å². The van der Waals surface area contributed by atoms with Crippen molar-refractivity contribution >= 4 is 114 Å². The third-order valence-corrected chi connectivity index (χ3v) is 19.1. The van der Waals surface area contributed by atoms with Crippen LogP contribution in [-0.2, 0) is 54.5 Å². The van der Waals surface area contributed by atoms with Crippen LogP contribution in [0.2, 0.25) is 0 Å². The van der Waals surface area contributed by atoms with Gasteiger partial charge in [-0.05, 0) is 65.8 Å². The van der Waals surface area contributed by atoms with E-state index in [4.69, 9.17) is 67.2 Å². The standard InChI is InChI=1S/C40H38NO2P3.3C10H14.6ClH.3Ru/c1-7-19-35(20-8-1)44(36-21-9-2-10-22-36)41(31-33-42-45(37-23-11-3-12-24-37)38-25-13-4-14-26-38)32-34-43-46(39-27-15-5-16-28-39)40-29-17-6-18-30-40;3*1-8(2)10-6-4-9(3)5-7-10;;;;;;;;;/h1-30H,31-34H2;3*4-8H,1-3H3;6*1H;;;/q;;;;;;;;;;3*+2/p-6. The summed E-state index contributed by atoms with van der Waals surface area (Å²) in [6, 6.07) is 90.5. The summed E-state index contributed by atoms with van der Waals surface area (Å²) < 4.78 is 16.2. The molecule has 0 fully saturated rings. The third kappa shape index (κ3) is 31.9. The van der Waals surface area contributed by atoms with Crippen molar-refractivity contribution in [1.82, 2.24) is 4.67 Å². The van der Waals surface area contributed by atoms with E-state index in [-0.39, 0.29) is 45.4 Å². The van der Waals surface area contributed by atoms with Crippen molar-refractivity contribution in [2.75, 3.05) is 26.3 Å². The normalized spacial score (nSPS) is 10.7. The van der Waals surface area contributed by atoms with Gasteiger partial charge in [0.2, 0.25) is 0 Å². The summed E-state index contributed by atoms with van der Waals surface area (Å²) in [6.07, 6.45) is 0. The van der Waals surface area contributed by atoms with Crippen LogP contribution in [-0.4, -0.2) is 31.0 Å². The van der Waals surface area contributed by atoms with Crippen molar-refractivity contribution in [1.29, 1.82) is 0 Å². The summed E-state index contributed by atoms with van der Waals surface area (Å²) in [6.45, 7) is 22.4. The molecule has 458 valence electrons. The number of hydrogen-bond acceptors (Lipinski definition) is 3. The van der Waals surface area contributed by atoms with E-state index in [1.54, 1.807) is 0 Å². The molecular weight excluding hydrogens is 1500 g/mol. The monoisotopic (exact) mass is 1580 g/mol. The topological polar surface area (TPSA) is 21.7 Å². The predicted octanol–water partition coefficient (Wildman–Crippen LogP) is 21.0. The van der Waals surface area contributed by atoms with Gasteiger partial charge >= 0.3 is 104 Å². The number of benzene rings is 9. The van der Waals surface area contributed by atoms with Gasteiger partial charge in [-0.15, -0.1) is 0 Å². The molecule has 0 aliphatic carbocycles. The van der Waals surface area contributed by atoms with E-state index in [0.717, 1.165) is 13.1 Å². The molecule has 0 bridgehead atoms. The van der Waals surface area contributed by atoms with E-state index in [1.165, 1.54) is 65.2 Å². The molecule has 3 nitrogen and oxygen atoms in total. The Morgan fingerprint density at radius 3 is 0.682 bits per heavy atom. The van der Waals surface area contributed by atoms with E-state index in [2.05, 4.69) is 322 Å². The summed E-state index contributed by atoms with van der Waals surface area (Å²) in [5, 5.41) is 7.55. The average molecular weight is 1580 g/mol. The van der Waals surface area contributed by atoms with Gasteiger partial charge in [0, 0.05) is 42.4 Å². The van der Waals surface area contributed by atoms with E-state index in [9.17, 15) is 0 Å². The third-order valence-electron chi connectivity index (χ3n) is 12.6. The molecule has 0 unspecified atom stereocenters. The first-order valence-electron chi connectivity index (χ1n) is 27.7. The van der Waals surface area contributed by atoms with Crippen LogP contribution in [0.1, 0.15) is 92.7 Å². The fourth-order valence-electron chi connectivity index (χ4n) is 8.10. The maximum absolute atomic E-state index is 6.83. The Morgan fingerprint density at radius 1 is 0.306 bits per heavy atom. The minimum atomic E-state index is -0.941. The van der Waals surface area contributed by atoms with E-state index in [1.807, 2.05) is 0 Å². The molecule has 0 spiro atoms. The Kier molecular flexibility index (Phi) is 43.2. The molecule has 9 aromatic carbocycles. The van der Waals surface area contributed by atoms with Gasteiger partial charge in [-0.2, -0.15) is 0 Å². The zero-order chi connectivity index (χ0) is 62.0. The van der Waals surface area contributed by atoms with Gasteiger partial charge in [0.25, 0.3) is 0 Å². The van der Waals surface area contributed by atoms with Gasteiger partial charge in [0.05, 0.1) is 29.5 Å². The van der Waals surface area contributed by atoms with Gasteiger partial charge in [0.1, 0.15) is 0 Å². The van der Waals surface area contributed by atoms with Crippen LogP contribution in [0.3, 0.4) is 0 Å². The van der Waals surface area contributed by atoms with Crippen LogP contribution in [0.5, 0.6) is 0 Å². The van der Waals surface area contributed by atoms with Crippen LogP contribution >= 0.6 is 82.5 Å². The summed E-state index contributed by atoms with van der Waals surface area (Å²) >= 11 is -1.04. The van der Waals surface area contributed by atoms with Crippen molar-refractivity contribution in [3.63, 3.8) is 0 Å². The molecule has 0 heterocycles. The number of rotatable bonds is 18. The quantitative estimate of drug-likeness (QED) is 0.0631. The van der Waals surface area contributed by atoms with Gasteiger partial charge in [-0.3, -0.25) is 4.67 Å². The molecule has 0 aliphatic heterocycles. The molecule has 0 N–H and O–H groups in total. The van der Waals surface area contributed by atoms with Crippen molar-refractivity contribution in [3.8, 4) is 0 Å². The van der Waals surface area contributed by atoms with Crippen molar-refractivity contribution in [2.45, 2.75) is 80.1 Å². The Bertz CT molecular complexity index is 2680. The van der Waals surface area contributed by atoms with Crippen LogP contribution in [0, 0.1) is 20.8 Å². The maximum Gasteiger partial charge on any atom is 0.0918 e. The first kappa shape index (κ1) is 77.0. The van der Waals surface area contributed by atoms with E-state index < -0.39 is 24.4 Å². The molecule has 0 saturated carbocycles. The zero-order valence-corrected chi connectivity index (χ0v) is 62.2. The first-order chi connectivity index (χ1) is 41.2. The van der Waals surface area contributed by atoms with E-state index in [0.29, 0.717) is 31.0 Å². The summed E-state index contributed by atoms with van der Waals surface area (Å²) in [5.74, 6) is 1.96. The number of nitrogens with zero attached hydrogens (tertiary/aromatic N) is 1. The smallest absolute Gasteiger partial charge is 0.0918 e. The molecule has 0 radical (unpaired) electrons. The molecular formula is C70H80Cl6NO2P3Ru3. The first-order valence-corrected chi connectivity index (χ1v) is 44.9. The molecule has 0 saturated heterocycles. The SMILES string of the molecule is Cc1ccc(C(C)C)cc1.Cc1ccc(C(C)C)cc1.Cc1ccc(C(C)C)cc1.[Cl][Ru][Cl].[Cl][Ru][Cl].[Cl][Ru][Cl].c1ccc(P(OCCN(CCOP(c2ccccc2)c2ccccc2)P(c2ccccc2)c2ccccc2)c2ccccc2)cc1. The molecule has 9 aromatic rings. The molecule has 15 heteroatoms. The average Bonchev–Trinajstić information content (AvgIpc) is 3.72. The molecule has 0 amide bonds. The van der Waals surface area contributed by atoms with Gasteiger partial charge in [0.15, 0.2) is 0 Å². The summed E-state index contributed by atoms with van der Waals surface area (Å²) in [4.78, 5) is 0. The predicted molar refractivity (Wildman–Crippen MR) is 372 cm³/mol. The minimum Gasteiger partial charge on any atom is -0.348 e. The van der Waals surface area contributed by atoms with Crippen LogP contribution in [0.4, 0.5) is 0 Å². The minimum absolute atomic E-state index is 0.346. The van der Waals surface area contributed by atoms with Crippen LogP contribution < -0.4 is 31.8 Å². The summed E-state index contributed by atoms with van der Waals surface area (Å²) in [5.41, 5.74) is 8.28. The number of hydrogen-bond donors (Lipinski definition) is 0. The van der Waals surface area contributed by atoms with Gasteiger partial charge in [-0.25, -0.2) is 0 Å². The zero-order valence-electron chi connectivity index (χ0n) is 49.7. The van der Waals surface area contributed by atoms with Crippen molar-refractivity contribution in [3.05, 3.63) is 288 Å². The maximum atomic E-state index is 6.83. The second-order valence-electron chi connectivity index (χ2n) is 19.9. The van der Waals surface area contributed by atoms with Gasteiger partial charge < -0.3 is 9.05 Å². The van der Waals surface area contributed by atoms with Crippen LogP contribution in [0.25, 0.3) is 0 Å². The molecule has 85 heavy (non-hydrogen) atoms. The second kappa shape index (κ2) is 47.7. The Hall–Kier alpha value is -2.24. The van der Waals surface area contributed by atoms with E-state index >= 15 is 0 Å². The van der Waals surface area contributed by atoms with Crippen molar-refractivity contribution in [2.24, 2.45) is 0 Å². The number of halogens is 6. The number of aryl methyl sites for hydroxylation is 3. The summed E-state index contributed by atoms with van der Waals surface area (Å²) in [7, 11) is 26.4. The molecule has 9 rings (SSSR count). The second-order valence-corrected chi connectivity index (χ2v) is 33.8. The fraction of sp³-hybridized carbons (Fsp3) is 0.229. The Labute approximate surface area is 562 Å². The Balaban J connectivity index is 0.000000387. The fourth-order valence-corrected chi connectivity index (χ4v) is 14.0. The largest absolute Gasteiger partial charge is 0.348 e. The van der Waals surface area contributed by atoms with Gasteiger partial charge in [-0.1, -0.05) is 313 Å². The molecule has 0 atom stereocenters.